The predicted molar refractivity (Wildman–Crippen MR) is 94.4 cm³/mol. The van der Waals surface area contributed by atoms with Gasteiger partial charge in [0.15, 0.2) is 6.61 Å². The number of carbonyl (C=O) groups is 2. The van der Waals surface area contributed by atoms with Crippen LogP contribution >= 0.6 is 0 Å². The molecule has 2 aromatic carbocycles. The molecular weight excluding hydrogens is 397 g/mol. The van der Waals surface area contributed by atoms with Crippen molar-refractivity contribution in [2.75, 3.05) is 19.0 Å². The molecule has 29 heavy (non-hydrogen) atoms. The average Bonchev–Trinajstić information content (AvgIpc) is 2.65. The molecule has 1 N–H and O–H groups in total. The highest BCUT2D eigenvalue weighted by Crippen LogP contribution is 2.37. The normalized spacial score (nSPS) is 10.9. The van der Waals surface area contributed by atoms with Crippen molar-refractivity contribution in [1.82, 2.24) is 0 Å². The maximum atomic E-state index is 13.1. The largest absolute Gasteiger partial charge is 0.497 e. The number of nitrogens with zero attached hydrogens (tertiary/aromatic N) is 1. The van der Waals surface area contributed by atoms with E-state index in [2.05, 4.69) is 0 Å². The van der Waals surface area contributed by atoms with Gasteiger partial charge < -0.3 is 14.8 Å². The molecule has 0 aliphatic heterocycles. The molecule has 2 aromatic rings. The van der Waals surface area contributed by atoms with Crippen molar-refractivity contribution in [3.05, 3.63) is 63.7 Å². The van der Waals surface area contributed by atoms with Crippen LogP contribution in [0.2, 0.25) is 0 Å². The molecule has 8 nitrogen and oxygen atoms in total. The van der Waals surface area contributed by atoms with E-state index in [1.807, 2.05) is 5.32 Å². The molecule has 0 radical (unpaired) electrons. The highest BCUT2D eigenvalue weighted by molar-refractivity contribution is 5.93. The third kappa shape index (κ3) is 6.19. The average molecular weight is 412 g/mol. The van der Waals surface area contributed by atoms with Crippen LogP contribution in [0.15, 0.2) is 42.5 Å². The summed E-state index contributed by atoms with van der Waals surface area (Å²) in [7, 11) is 1.45. The third-order valence-corrected chi connectivity index (χ3v) is 3.64. The number of nitro groups is 1. The van der Waals surface area contributed by atoms with Crippen LogP contribution in [0.1, 0.15) is 11.1 Å². The SMILES string of the molecule is COc1cccc(CC(=O)OCC(=O)Nc2ccc([N+](=O)[O-])cc2C(F)(F)F)c1. The van der Waals surface area contributed by atoms with Gasteiger partial charge in [-0.15, -0.1) is 0 Å². The molecule has 0 bridgehead atoms. The monoisotopic (exact) mass is 412 g/mol. The van der Waals surface area contributed by atoms with Crippen molar-refractivity contribution >= 4 is 23.3 Å². The Morgan fingerprint density at radius 2 is 1.90 bits per heavy atom. The van der Waals surface area contributed by atoms with E-state index >= 15 is 0 Å². The Kier molecular flexibility index (Phi) is 6.75. The van der Waals surface area contributed by atoms with Crippen LogP contribution in [0, 0.1) is 10.1 Å². The second-order valence-corrected chi connectivity index (χ2v) is 5.72. The van der Waals surface area contributed by atoms with E-state index in [1.54, 1.807) is 24.3 Å². The molecule has 0 aromatic heterocycles. The maximum Gasteiger partial charge on any atom is 0.418 e. The highest BCUT2D eigenvalue weighted by atomic mass is 19.4. The zero-order chi connectivity index (χ0) is 21.6. The van der Waals surface area contributed by atoms with Gasteiger partial charge in [0.2, 0.25) is 0 Å². The van der Waals surface area contributed by atoms with Crippen molar-refractivity contribution < 1.29 is 37.2 Å². The maximum absolute atomic E-state index is 13.1. The molecule has 2 rings (SSSR count). The number of nitrogens with one attached hydrogen (secondary N) is 1. The number of methoxy groups -OCH3 is 1. The number of non-ortho nitro benzene ring substituents is 1. The fourth-order valence-corrected chi connectivity index (χ4v) is 2.32. The molecule has 0 fully saturated rings. The lowest BCUT2D eigenvalue weighted by Gasteiger charge is -2.13. The zero-order valence-electron chi connectivity index (χ0n) is 15.0. The molecule has 154 valence electrons. The molecule has 0 saturated heterocycles. The van der Waals surface area contributed by atoms with Crippen LogP contribution < -0.4 is 10.1 Å². The van der Waals surface area contributed by atoms with Gasteiger partial charge >= 0.3 is 12.1 Å². The van der Waals surface area contributed by atoms with Gasteiger partial charge in [-0.2, -0.15) is 13.2 Å². The molecule has 1 amide bonds. The third-order valence-electron chi connectivity index (χ3n) is 3.64. The Morgan fingerprint density at radius 1 is 1.17 bits per heavy atom. The molecule has 0 unspecified atom stereocenters. The van der Waals surface area contributed by atoms with Gasteiger partial charge in [0.25, 0.3) is 11.6 Å². The van der Waals surface area contributed by atoms with Gasteiger partial charge in [0, 0.05) is 12.1 Å². The quantitative estimate of drug-likeness (QED) is 0.425. The summed E-state index contributed by atoms with van der Waals surface area (Å²) in [4.78, 5) is 33.4. The molecular formula is C18H15F3N2O6. The first-order valence-electron chi connectivity index (χ1n) is 8.04. The number of carbonyl (C=O) groups excluding carboxylic acids is 2. The summed E-state index contributed by atoms with van der Waals surface area (Å²) in [5.41, 5.74) is -2.29. The van der Waals surface area contributed by atoms with Gasteiger partial charge in [-0.1, -0.05) is 12.1 Å². The van der Waals surface area contributed by atoms with Crippen LogP contribution in [0.25, 0.3) is 0 Å². The molecule has 0 saturated carbocycles. The Labute approximate surface area is 162 Å². The molecule has 0 heterocycles. The number of hydrogen-bond donors (Lipinski definition) is 1. The Balaban J connectivity index is 2.00. The topological polar surface area (TPSA) is 108 Å². The zero-order valence-corrected chi connectivity index (χ0v) is 15.0. The Hall–Kier alpha value is -3.63. The lowest BCUT2D eigenvalue weighted by molar-refractivity contribution is -0.385. The summed E-state index contributed by atoms with van der Waals surface area (Å²) in [6.07, 6.45) is -5.10. The number of esters is 1. The fraction of sp³-hybridized carbons (Fsp3) is 0.222. The van der Waals surface area contributed by atoms with Crippen molar-refractivity contribution in [2.24, 2.45) is 0 Å². The molecule has 11 heteroatoms. The molecule has 0 aliphatic carbocycles. The standard InChI is InChI=1S/C18H15F3N2O6/c1-28-13-4-2-3-11(7-13)8-17(25)29-10-16(24)22-15-6-5-12(23(26)27)9-14(15)18(19,20)21/h2-7,9H,8,10H2,1H3,(H,22,24). The summed E-state index contributed by atoms with van der Waals surface area (Å²) < 4.78 is 49.0. The fourth-order valence-electron chi connectivity index (χ4n) is 2.32. The summed E-state index contributed by atoms with van der Waals surface area (Å²) >= 11 is 0. The number of rotatable bonds is 7. The predicted octanol–water partition coefficient (Wildman–Crippen LogP) is 3.35. The number of amides is 1. The number of anilines is 1. The minimum atomic E-state index is -4.93. The summed E-state index contributed by atoms with van der Waals surface area (Å²) in [5, 5.41) is 12.6. The number of hydrogen-bond acceptors (Lipinski definition) is 6. The van der Waals surface area contributed by atoms with E-state index in [9.17, 15) is 32.9 Å². The minimum absolute atomic E-state index is 0.171. The number of alkyl halides is 3. The Morgan fingerprint density at radius 3 is 2.52 bits per heavy atom. The summed E-state index contributed by atoms with van der Waals surface area (Å²) in [6.45, 7) is -0.822. The number of halogens is 3. The molecule has 0 spiro atoms. The van der Waals surface area contributed by atoms with Crippen LogP contribution in [0.3, 0.4) is 0 Å². The second-order valence-electron chi connectivity index (χ2n) is 5.72. The van der Waals surface area contributed by atoms with Crippen molar-refractivity contribution in [2.45, 2.75) is 12.6 Å². The smallest absolute Gasteiger partial charge is 0.418 e. The molecule has 0 atom stereocenters. The number of benzene rings is 2. The van der Waals surface area contributed by atoms with Crippen LogP contribution in [0.5, 0.6) is 5.75 Å². The summed E-state index contributed by atoms with van der Waals surface area (Å²) in [5.74, 6) is -1.28. The van der Waals surface area contributed by atoms with Gasteiger partial charge in [0.05, 0.1) is 29.7 Å². The van der Waals surface area contributed by atoms with Crippen molar-refractivity contribution in [1.29, 1.82) is 0 Å². The highest BCUT2D eigenvalue weighted by Gasteiger charge is 2.35. The van der Waals surface area contributed by atoms with Gasteiger partial charge in [0.1, 0.15) is 5.75 Å². The number of nitro benzene ring substituents is 1. The summed E-state index contributed by atoms with van der Waals surface area (Å²) in [6, 6.07) is 8.44. The van der Waals surface area contributed by atoms with E-state index in [4.69, 9.17) is 9.47 Å². The van der Waals surface area contributed by atoms with Gasteiger partial charge in [-0.05, 0) is 23.8 Å². The van der Waals surface area contributed by atoms with Crippen LogP contribution in [0.4, 0.5) is 24.5 Å². The van der Waals surface area contributed by atoms with Gasteiger partial charge in [-0.3, -0.25) is 19.7 Å². The van der Waals surface area contributed by atoms with E-state index in [1.165, 1.54) is 7.11 Å². The van der Waals surface area contributed by atoms with E-state index in [-0.39, 0.29) is 6.42 Å². The lowest BCUT2D eigenvalue weighted by atomic mass is 10.1. The minimum Gasteiger partial charge on any atom is -0.497 e. The molecule has 0 aliphatic rings. The Bertz CT molecular complexity index is 930. The number of ether oxygens (including phenoxy) is 2. The second kappa shape index (κ2) is 9.04. The van der Waals surface area contributed by atoms with Crippen LogP contribution in [-0.2, 0) is 26.9 Å². The first kappa shape index (κ1) is 21.7. The van der Waals surface area contributed by atoms with Gasteiger partial charge in [-0.25, -0.2) is 0 Å². The van der Waals surface area contributed by atoms with Crippen molar-refractivity contribution in [3.8, 4) is 5.75 Å². The van der Waals surface area contributed by atoms with E-state index in [0.29, 0.717) is 17.4 Å². The van der Waals surface area contributed by atoms with Crippen molar-refractivity contribution in [3.63, 3.8) is 0 Å². The lowest BCUT2D eigenvalue weighted by Crippen LogP contribution is -2.23. The van der Waals surface area contributed by atoms with E-state index in [0.717, 1.165) is 12.1 Å². The first-order chi connectivity index (χ1) is 13.6. The van der Waals surface area contributed by atoms with Crippen LogP contribution in [-0.4, -0.2) is 30.5 Å². The van der Waals surface area contributed by atoms with E-state index < -0.39 is 46.5 Å². The first-order valence-corrected chi connectivity index (χ1v) is 8.04.